The molecule has 0 saturated carbocycles. The first-order chi connectivity index (χ1) is 12.0. The van der Waals surface area contributed by atoms with Crippen LogP contribution in [0, 0.1) is 0 Å². The highest BCUT2D eigenvalue weighted by Gasteiger charge is 2.18. The second kappa shape index (κ2) is 7.58. The van der Waals surface area contributed by atoms with E-state index in [1.54, 1.807) is 49.6 Å². The largest absolute Gasteiger partial charge is 0.497 e. The maximum atomic E-state index is 12.5. The van der Waals surface area contributed by atoms with Crippen LogP contribution in [0.1, 0.15) is 9.67 Å². The van der Waals surface area contributed by atoms with Gasteiger partial charge < -0.3 is 10.1 Å². The first-order valence-electron chi connectivity index (χ1n) is 7.12. The van der Waals surface area contributed by atoms with Crippen molar-refractivity contribution < 1.29 is 9.53 Å². The predicted octanol–water partition coefficient (Wildman–Crippen LogP) is 5.34. The molecule has 0 aliphatic carbocycles. The predicted molar refractivity (Wildman–Crippen MR) is 109 cm³/mol. The summed E-state index contributed by atoms with van der Waals surface area (Å²) >= 11 is 18.7. The first kappa shape index (κ1) is 17.9. The number of fused-ring (bicyclic) bond motifs is 1. The number of nitrogens with one attached hydrogen (secondary N) is 2. The number of hydrogen-bond acceptors (Lipinski definition) is 4. The number of hydrogen-bond donors (Lipinski definition) is 2. The SMILES string of the molecule is COc1ccc(NC(=S)NC(=O)c2sc3cc(Cl)ccc3c2Cl)cc1. The molecule has 1 amide bonds. The molecule has 8 heteroatoms. The molecule has 0 radical (unpaired) electrons. The summed E-state index contributed by atoms with van der Waals surface area (Å²) in [6.45, 7) is 0. The van der Waals surface area contributed by atoms with Crippen LogP contribution < -0.4 is 15.4 Å². The molecule has 128 valence electrons. The number of halogens is 2. The molecular weight excluding hydrogens is 399 g/mol. The van der Waals surface area contributed by atoms with E-state index >= 15 is 0 Å². The molecule has 0 aliphatic heterocycles. The Bertz CT molecular complexity index is 955. The summed E-state index contributed by atoms with van der Waals surface area (Å²) < 4.78 is 5.94. The molecule has 0 fully saturated rings. The highest BCUT2D eigenvalue weighted by atomic mass is 35.5. The molecule has 3 aromatic rings. The number of methoxy groups -OCH3 is 1. The summed E-state index contributed by atoms with van der Waals surface area (Å²) in [5.74, 6) is 0.365. The summed E-state index contributed by atoms with van der Waals surface area (Å²) in [7, 11) is 1.59. The van der Waals surface area contributed by atoms with Crippen molar-refractivity contribution in [3.63, 3.8) is 0 Å². The third-order valence-corrected chi connectivity index (χ3v) is 5.47. The van der Waals surface area contributed by atoms with Gasteiger partial charge in [0.2, 0.25) is 0 Å². The van der Waals surface area contributed by atoms with Gasteiger partial charge in [0.1, 0.15) is 10.6 Å². The molecule has 2 aromatic carbocycles. The standard InChI is InChI=1S/C17H12Cl2N2O2S2/c1-23-11-5-3-10(4-6-11)20-17(24)21-16(22)15-14(19)12-7-2-9(18)8-13(12)25-15/h2-8H,1H3,(H2,20,21,22,24). The van der Waals surface area contributed by atoms with Gasteiger partial charge in [-0.3, -0.25) is 10.1 Å². The number of amides is 1. The van der Waals surface area contributed by atoms with Crippen LogP contribution in [0.5, 0.6) is 5.75 Å². The third-order valence-electron chi connectivity index (χ3n) is 3.37. The quantitative estimate of drug-likeness (QED) is 0.571. The monoisotopic (exact) mass is 410 g/mol. The summed E-state index contributed by atoms with van der Waals surface area (Å²) in [4.78, 5) is 12.8. The maximum Gasteiger partial charge on any atom is 0.269 e. The number of thiocarbonyl (C=S) groups is 1. The summed E-state index contributed by atoms with van der Waals surface area (Å²) in [5, 5.41) is 7.52. The topological polar surface area (TPSA) is 50.4 Å². The summed E-state index contributed by atoms with van der Waals surface area (Å²) in [6, 6.07) is 12.5. The van der Waals surface area contributed by atoms with Crippen LogP contribution in [0.4, 0.5) is 5.69 Å². The lowest BCUT2D eigenvalue weighted by Crippen LogP contribution is -2.33. The summed E-state index contributed by atoms with van der Waals surface area (Å²) in [6.07, 6.45) is 0. The number of thiophene rings is 1. The van der Waals surface area contributed by atoms with E-state index in [2.05, 4.69) is 10.6 Å². The van der Waals surface area contributed by atoms with Gasteiger partial charge in [-0.1, -0.05) is 29.3 Å². The zero-order valence-corrected chi connectivity index (χ0v) is 16.1. The van der Waals surface area contributed by atoms with Crippen molar-refractivity contribution in [2.45, 2.75) is 0 Å². The zero-order valence-electron chi connectivity index (χ0n) is 12.9. The van der Waals surface area contributed by atoms with Gasteiger partial charge in [-0.25, -0.2) is 0 Å². The van der Waals surface area contributed by atoms with Gasteiger partial charge in [0.15, 0.2) is 5.11 Å². The molecule has 3 rings (SSSR count). The lowest BCUT2D eigenvalue weighted by Gasteiger charge is -2.09. The van der Waals surface area contributed by atoms with Crippen LogP contribution >= 0.6 is 46.8 Å². The highest BCUT2D eigenvalue weighted by Crippen LogP contribution is 2.36. The number of carbonyl (C=O) groups excluding carboxylic acids is 1. The van der Waals surface area contributed by atoms with Crippen LogP contribution in [-0.4, -0.2) is 18.1 Å². The number of carbonyl (C=O) groups is 1. The van der Waals surface area contributed by atoms with Crippen molar-refractivity contribution in [1.29, 1.82) is 0 Å². The van der Waals surface area contributed by atoms with Gasteiger partial charge in [0.05, 0.1) is 12.1 Å². The third kappa shape index (κ3) is 4.04. The van der Waals surface area contributed by atoms with Gasteiger partial charge in [0.25, 0.3) is 5.91 Å². The molecule has 25 heavy (non-hydrogen) atoms. The van der Waals surface area contributed by atoms with Crippen molar-refractivity contribution in [2.75, 3.05) is 12.4 Å². The Kier molecular flexibility index (Phi) is 5.44. The highest BCUT2D eigenvalue weighted by molar-refractivity contribution is 7.80. The normalized spacial score (nSPS) is 10.5. The maximum absolute atomic E-state index is 12.5. The van der Waals surface area contributed by atoms with E-state index in [1.807, 2.05) is 0 Å². The first-order valence-corrected chi connectivity index (χ1v) is 9.10. The van der Waals surface area contributed by atoms with Crippen LogP contribution in [0.3, 0.4) is 0 Å². The van der Waals surface area contributed by atoms with E-state index in [1.165, 1.54) is 11.3 Å². The minimum absolute atomic E-state index is 0.182. The second-order valence-electron chi connectivity index (χ2n) is 5.02. The van der Waals surface area contributed by atoms with Crippen LogP contribution in [0.25, 0.3) is 10.1 Å². The Labute approximate surface area is 163 Å². The summed E-state index contributed by atoms with van der Waals surface area (Å²) in [5.41, 5.74) is 0.736. The fourth-order valence-electron chi connectivity index (χ4n) is 2.18. The lowest BCUT2D eigenvalue weighted by molar-refractivity contribution is 0.0982. The van der Waals surface area contributed by atoms with E-state index in [0.717, 1.165) is 21.5 Å². The number of rotatable bonds is 3. The van der Waals surface area contributed by atoms with Crippen LogP contribution in [0.2, 0.25) is 10.0 Å². The second-order valence-corrected chi connectivity index (χ2v) is 7.30. The minimum atomic E-state index is -0.367. The zero-order chi connectivity index (χ0) is 18.0. The number of ether oxygens (including phenoxy) is 1. The molecule has 0 atom stereocenters. The Morgan fingerprint density at radius 3 is 2.56 bits per heavy atom. The number of benzene rings is 2. The fraction of sp³-hybridized carbons (Fsp3) is 0.0588. The van der Waals surface area contributed by atoms with Gasteiger partial charge in [-0.15, -0.1) is 11.3 Å². The molecular formula is C17H12Cl2N2O2S2. The molecule has 0 aliphatic rings. The number of anilines is 1. The van der Waals surface area contributed by atoms with Crippen molar-refractivity contribution in [3.05, 3.63) is 57.4 Å². The van der Waals surface area contributed by atoms with E-state index in [4.69, 9.17) is 40.2 Å². The smallest absolute Gasteiger partial charge is 0.269 e. The Morgan fingerprint density at radius 1 is 1.16 bits per heavy atom. The fourth-order valence-corrected chi connectivity index (χ4v) is 4.08. The van der Waals surface area contributed by atoms with Gasteiger partial charge in [0, 0.05) is 20.8 Å². The molecule has 4 nitrogen and oxygen atoms in total. The van der Waals surface area contributed by atoms with Crippen molar-refractivity contribution >= 4 is 73.5 Å². The minimum Gasteiger partial charge on any atom is -0.497 e. The van der Waals surface area contributed by atoms with E-state index in [0.29, 0.717) is 14.9 Å². The molecule has 0 saturated heterocycles. The molecule has 0 unspecified atom stereocenters. The Hall–Kier alpha value is -1.86. The molecule has 0 bridgehead atoms. The van der Waals surface area contributed by atoms with Crippen molar-refractivity contribution in [2.24, 2.45) is 0 Å². The Morgan fingerprint density at radius 2 is 1.88 bits per heavy atom. The molecule has 2 N–H and O–H groups in total. The molecule has 0 spiro atoms. The molecule has 1 aromatic heterocycles. The van der Waals surface area contributed by atoms with Gasteiger partial charge >= 0.3 is 0 Å². The van der Waals surface area contributed by atoms with Crippen molar-refractivity contribution in [3.8, 4) is 5.75 Å². The van der Waals surface area contributed by atoms with Crippen LogP contribution in [-0.2, 0) is 0 Å². The van der Waals surface area contributed by atoms with Gasteiger partial charge in [-0.2, -0.15) is 0 Å². The average molecular weight is 411 g/mol. The van der Waals surface area contributed by atoms with E-state index in [-0.39, 0.29) is 11.0 Å². The van der Waals surface area contributed by atoms with Gasteiger partial charge in [-0.05, 0) is 48.6 Å². The Balaban J connectivity index is 1.73. The van der Waals surface area contributed by atoms with E-state index in [9.17, 15) is 4.79 Å². The van der Waals surface area contributed by atoms with E-state index < -0.39 is 0 Å². The average Bonchev–Trinajstić information content (AvgIpc) is 2.91. The lowest BCUT2D eigenvalue weighted by atomic mass is 10.2. The molecule has 1 heterocycles. The van der Waals surface area contributed by atoms with Crippen LogP contribution in [0.15, 0.2) is 42.5 Å². The van der Waals surface area contributed by atoms with Crippen molar-refractivity contribution in [1.82, 2.24) is 5.32 Å².